The van der Waals surface area contributed by atoms with Gasteiger partial charge in [0.1, 0.15) is 0 Å². The fourth-order valence-corrected chi connectivity index (χ4v) is 3.30. The van der Waals surface area contributed by atoms with Crippen LogP contribution in [0.4, 0.5) is 5.69 Å². The molecule has 0 unspecified atom stereocenters. The van der Waals surface area contributed by atoms with E-state index in [4.69, 9.17) is 0 Å². The van der Waals surface area contributed by atoms with Gasteiger partial charge in [0.05, 0.1) is 0 Å². The summed E-state index contributed by atoms with van der Waals surface area (Å²) in [6, 6.07) is 12.8. The molecule has 1 nitrogen and oxygen atoms in total. The van der Waals surface area contributed by atoms with Crippen LogP contribution in [0.5, 0.6) is 0 Å². The predicted octanol–water partition coefficient (Wildman–Crippen LogP) is 6.68. The maximum Gasteiger partial charge on any atom is 0.0487 e. The van der Waals surface area contributed by atoms with Gasteiger partial charge in [-0.05, 0) is 43.9 Å². The Balaban J connectivity index is 2.09. The van der Waals surface area contributed by atoms with Crippen molar-refractivity contribution in [1.29, 1.82) is 0 Å². The normalized spacial score (nSPS) is 12.8. The molecule has 0 aliphatic heterocycles. The van der Waals surface area contributed by atoms with Gasteiger partial charge < -0.3 is 5.32 Å². The summed E-state index contributed by atoms with van der Waals surface area (Å²) >= 11 is 1.85. The first-order chi connectivity index (χ1) is 11.0. The van der Waals surface area contributed by atoms with Gasteiger partial charge in [-0.15, -0.1) is 11.3 Å². The maximum absolute atomic E-state index is 3.60. The summed E-state index contributed by atoms with van der Waals surface area (Å²) in [7, 11) is 0. The first-order valence-electron chi connectivity index (χ1n) is 8.24. The molecular weight excluding hydrogens is 298 g/mol. The van der Waals surface area contributed by atoms with Crippen LogP contribution in [0.15, 0.2) is 59.7 Å². The van der Waals surface area contributed by atoms with Crippen molar-refractivity contribution < 1.29 is 0 Å². The molecule has 0 fully saturated rings. The van der Waals surface area contributed by atoms with E-state index in [0.29, 0.717) is 5.92 Å². The number of benzene rings is 1. The molecule has 0 spiro atoms. The van der Waals surface area contributed by atoms with E-state index in [-0.39, 0.29) is 0 Å². The van der Waals surface area contributed by atoms with E-state index in [0.717, 1.165) is 6.54 Å². The average molecular weight is 326 g/mol. The number of thiophene rings is 1. The minimum atomic E-state index is 0.595. The first-order valence-corrected chi connectivity index (χ1v) is 9.06. The van der Waals surface area contributed by atoms with Crippen LogP contribution in [0.2, 0.25) is 0 Å². The summed E-state index contributed by atoms with van der Waals surface area (Å²) in [6.45, 7) is 11.8. The number of aryl methyl sites for hydroxylation is 1. The van der Waals surface area contributed by atoms with Gasteiger partial charge in [-0.2, -0.15) is 0 Å². The lowest BCUT2D eigenvalue weighted by atomic mass is 10.0. The SMILES string of the molecule is C/C=C(\C=C(/C)C(C)C)CNc1cc(-c2ccccc2)sc1C. The van der Waals surface area contributed by atoms with Gasteiger partial charge in [0.2, 0.25) is 0 Å². The number of hydrogen-bond acceptors (Lipinski definition) is 2. The van der Waals surface area contributed by atoms with E-state index >= 15 is 0 Å². The zero-order valence-electron chi connectivity index (χ0n) is 14.8. The van der Waals surface area contributed by atoms with Gasteiger partial charge in [-0.1, -0.05) is 61.9 Å². The summed E-state index contributed by atoms with van der Waals surface area (Å²) < 4.78 is 0. The predicted molar refractivity (Wildman–Crippen MR) is 105 cm³/mol. The molecule has 1 aromatic carbocycles. The van der Waals surface area contributed by atoms with Gasteiger partial charge in [-0.25, -0.2) is 0 Å². The lowest BCUT2D eigenvalue weighted by molar-refractivity contribution is 0.767. The molecule has 23 heavy (non-hydrogen) atoms. The minimum Gasteiger partial charge on any atom is -0.380 e. The van der Waals surface area contributed by atoms with Crippen molar-refractivity contribution >= 4 is 17.0 Å². The Morgan fingerprint density at radius 1 is 1.22 bits per heavy atom. The van der Waals surface area contributed by atoms with E-state index in [1.54, 1.807) is 0 Å². The fourth-order valence-electron chi connectivity index (χ4n) is 2.30. The van der Waals surface area contributed by atoms with Crippen LogP contribution < -0.4 is 5.32 Å². The molecule has 1 N–H and O–H groups in total. The monoisotopic (exact) mass is 325 g/mol. The third-order valence-electron chi connectivity index (χ3n) is 4.15. The second-order valence-corrected chi connectivity index (χ2v) is 7.46. The molecular formula is C21H27NS. The Hall–Kier alpha value is -1.80. The zero-order chi connectivity index (χ0) is 16.8. The van der Waals surface area contributed by atoms with E-state index in [2.05, 4.69) is 88.5 Å². The molecule has 0 radical (unpaired) electrons. The Bertz CT molecular complexity index is 690. The Morgan fingerprint density at radius 3 is 2.52 bits per heavy atom. The number of allylic oxidation sites excluding steroid dienone is 2. The smallest absolute Gasteiger partial charge is 0.0487 e. The molecule has 0 amide bonds. The number of rotatable bonds is 6. The van der Waals surface area contributed by atoms with Crippen molar-refractivity contribution in [3.63, 3.8) is 0 Å². The van der Waals surface area contributed by atoms with E-state index < -0.39 is 0 Å². The van der Waals surface area contributed by atoms with E-state index in [1.807, 2.05) is 11.3 Å². The lowest BCUT2D eigenvalue weighted by Gasteiger charge is -2.10. The summed E-state index contributed by atoms with van der Waals surface area (Å²) in [5.74, 6) is 0.595. The molecule has 0 saturated heterocycles. The molecule has 1 heterocycles. The van der Waals surface area contributed by atoms with E-state index in [1.165, 1.54) is 32.2 Å². The standard InChI is InChI=1S/C21H27NS/c1-6-18(12-16(4)15(2)3)14-22-20-13-21(23-17(20)5)19-10-8-7-9-11-19/h6-13,15,22H,14H2,1-5H3/b16-12+,18-6+. The molecule has 0 saturated carbocycles. The van der Waals surface area contributed by atoms with Crippen molar-refractivity contribution in [2.24, 2.45) is 5.92 Å². The van der Waals surface area contributed by atoms with Crippen LogP contribution >= 0.6 is 11.3 Å². The van der Waals surface area contributed by atoms with Crippen molar-refractivity contribution in [2.75, 3.05) is 11.9 Å². The topological polar surface area (TPSA) is 12.0 Å². The van der Waals surface area contributed by atoms with Crippen molar-refractivity contribution in [2.45, 2.75) is 34.6 Å². The van der Waals surface area contributed by atoms with Crippen LogP contribution in [0, 0.1) is 12.8 Å². The maximum atomic E-state index is 3.60. The summed E-state index contributed by atoms with van der Waals surface area (Å²) in [5, 5.41) is 3.60. The molecule has 1 aromatic heterocycles. The molecule has 2 aromatic rings. The van der Waals surface area contributed by atoms with Gasteiger partial charge in [0.15, 0.2) is 0 Å². The lowest BCUT2D eigenvalue weighted by Crippen LogP contribution is -2.04. The number of hydrogen-bond donors (Lipinski definition) is 1. The fraction of sp³-hybridized carbons (Fsp3) is 0.333. The molecule has 0 atom stereocenters. The third-order valence-corrected chi connectivity index (χ3v) is 5.25. The van der Waals surface area contributed by atoms with Crippen LogP contribution in [0.25, 0.3) is 10.4 Å². The highest BCUT2D eigenvalue weighted by molar-refractivity contribution is 7.16. The zero-order valence-corrected chi connectivity index (χ0v) is 15.6. The molecule has 0 aliphatic rings. The number of nitrogens with one attached hydrogen (secondary N) is 1. The van der Waals surface area contributed by atoms with Gasteiger partial charge in [-0.3, -0.25) is 0 Å². The molecule has 122 valence electrons. The molecule has 2 heteroatoms. The van der Waals surface area contributed by atoms with Crippen LogP contribution in [0.1, 0.15) is 32.6 Å². The van der Waals surface area contributed by atoms with Gasteiger partial charge in [0, 0.05) is 22.0 Å². The quantitative estimate of drug-likeness (QED) is 0.584. The van der Waals surface area contributed by atoms with Crippen LogP contribution in [0.3, 0.4) is 0 Å². The second kappa shape index (κ2) is 8.16. The Labute approximate surface area is 144 Å². The highest BCUT2D eigenvalue weighted by atomic mass is 32.1. The minimum absolute atomic E-state index is 0.595. The van der Waals surface area contributed by atoms with Gasteiger partial charge in [0.25, 0.3) is 0 Å². The first kappa shape index (κ1) is 17.6. The molecule has 0 aliphatic carbocycles. The molecule has 0 bridgehead atoms. The van der Waals surface area contributed by atoms with Gasteiger partial charge >= 0.3 is 0 Å². The van der Waals surface area contributed by atoms with E-state index in [9.17, 15) is 0 Å². The molecule has 2 rings (SSSR count). The van der Waals surface area contributed by atoms with Crippen molar-refractivity contribution in [3.8, 4) is 10.4 Å². The average Bonchev–Trinajstić information content (AvgIpc) is 2.93. The highest BCUT2D eigenvalue weighted by Gasteiger charge is 2.07. The highest BCUT2D eigenvalue weighted by Crippen LogP contribution is 2.34. The summed E-state index contributed by atoms with van der Waals surface area (Å²) in [4.78, 5) is 2.66. The largest absolute Gasteiger partial charge is 0.380 e. The summed E-state index contributed by atoms with van der Waals surface area (Å²) in [6.07, 6.45) is 4.50. The second-order valence-electron chi connectivity index (χ2n) is 6.21. The van der Waals surface area contributed by atoms with Crippen LogP contribution in [-0.4, -0.2) is 6.54 Å². The summed E-state index contributed by atoms with van der Waals surface area (Å²) in [5.41, 5.74) is 5.29. The van der Waals surface area contributed by atoms with Crippen molar-refractivity contribution in [1.82, 2.24) is 0 Å². The van der Waals surface area contributed by atoms with Crippen LogP contribution in [-0.2, 0) is 0 Å². The Kier molecular flexibility index (Phi) is 6.23. The Morgan fingerprint density at radius 2 is 1.91 bits per heavy atom. The van der Waals surface area contributed by atoms with Crippen molar-refractivity contribution in [3.05, 3.63) is 64.6 Å². The number of anilines is 1. The third kappa shape index (κ3) is 4.84.